The number of hydrogen-bond acceptors (Lipinski definition) is 6. The maximum atomic E-state index is 13.2. The summed E-state index contributed by atoms with van der Waals surface area (Å²) < 4.78 is 12.6. The summed E-state index contributed by atoms with van der Waals surface area (Å²) in [5.41, 5.74) is 4.32. The number of benzene rings is 3. The van der Waals surface area contributed by atoms with Crippen molar-refractivity contribution < 1.29 is 19.1 Å². The van der Waals surface area contributed by atoms with Crippen LogP contribution in [0, 0.1) is 13.8 Å². The Labute approximate surface area is 227 Å². The molecule has 2 amide bonds. The van der Waals surface area contributed by atoms with Gasteiger partial charge in [0, 0.05) is 10.2 Å². The summed E-state index contributed by atoms with van der Waals surface area (Å²) in [7, 11) is 1.52. The van der Waals surface area contributed by atoms with Crippen LogP contribution in [0.25, 0.3) is 6.08 Å². The molecule has 36 heavy (non-hydrogen) atoms. The number of hydrogen-bond donors (Lipinski definition) is 1. The van der Waals surface area contributed by atoms with Gasteiger partial charge in [0.25, 0.3) is 11.8 Å². The molecule has 184 valence electrons. The molecular formula is C27H23BrN2O4S2. The van der Waals surface area contributed by atoms with Crippen LogP contribution in [0.1, 0.15) is 16.7 Å². The van der Waals surface area contributed by atoms with Crippen LogP contribution in [0.2, 0.25) is 0 Å². The first-order chi connectivity index (χ1) is 17.2. The van der Waals surface area contributed by atoms with Crippen LogP contribution in [0.4, 0.5) is 11.4 Å². The van der Waals surface area contributed by atoms with Crippen LogP contribution in [0.15, 0.2) is 70.0 Å². The summed E-state index contributed by atoms with van der Waals surface area (Å²) in [6, 6.07) is 18.4. The van der Waals surface area contributed by atoms with E-state index >= 15 is 0 Å². The number of halogens is 1. The zero-order chi connectivity index (χ0) is 25.8. The van der Waals surface area contributed by atoms with Gasteiger partial charge < -0.3 is 14.8 Å². The van der Waals surface area contributed by atoms with E-state index in [0.29, 0.717) is 26.4 Å². The van der Waals surface area contributed by atoms with E-state index in [1.165, 1.54) is 18.9 Å². The van der Waals surface area contributed by atoms with Gasteiger partial charge in [0.05, 0.1) is 17.7 Å². The van der Waals surface area contributed by atoms with Crippen LogP contribution >= 0.6 is 39.9 Å². The molecule has 3 aromatic rings. The van der Waals surface area contributed by atoms with Gasteiger partial charge in [-0.15, -0.1) is 0 Å². The third-order valence-corrected chi connectivity index (χ3v) is 7.19. The van der Waals surface area contributed by atoms with Crippen molar-refractivity contribution in [3.63, 3.8) is 0 Å². The van der Waals surface area contributed by atoms with Gasteiger partial charge in [0.1, 0.15) is 0 Å². The highest BCUT2D eigenvalue weighted by Gasteiger charge is 2.34. The third-order valence-electron chi connectivity index (χ3n) is 5.36. The second-order valence-corrected chi connectivity index (χ2v) is 10.7. The fourth-order valence-electron chi connectivity index (χ4n) is 3.65. The molecule has 0 spiro atoms. The van der Waals surface area contributed by atoms with Crippen molar-refractivity contribution in [3.05, 3.63) is 86.7 Å². The second-order valence-electron chi connectivity index (χ2n) is 8.06. The average molecular weight is 584 g/mol. The standard InChI is InChI=1S/C27H23BrN2O4S2/c1-16-4-10-21(17(2)12-16)30-26(32)24(36-27(30)35)14-18-5-11-22(23(13-18)33-3)34-15-25(31)29-20-8-6-19(28)7-9-20/h4-14H,15H2,1-3H3,(H,29,31)/b24-14-. The largest absolute Gasteiger partial charge is 0.493 e. The predicted octanol–water partition coefficient (Wildman–Crippen LogP) is 6.50. The van der Waals surface area contributed by atoms with Gasteiger partial charge in [-0.05, 0) is 73.5 Å². The number of ether oxygens (including phenoxy) is 2. The number of rotatable bonds is 7. The Morgan fingerprint density at radius 1 is 1.08 bits per heavy atom. The number of aryl methyl sites for hydroxylation is 2. The number of thiocarbonyl (C=S) groups is 1. The topological polar surface area (TPSA) is 67.9 Å². The first-order valence-corrected chi connectivity index (χ1v) is 13.0. The summed E-state index contributed by atoms with van der Waals surface area (Å²) in [5, 5.41) is 2.78. The van der Waals surface area contributed by atoms with Crippen molar-refractivity contribution in [1.29, 1.82) is 0 Å². The lowest BCUT2D eigenvalue weighted by Crippen LogP contribution is -2.28. The number of nitrogens with one attached hydrogen (secondary N) is 1. The Morgan fingerprint density at radius 3 is 2.53 bits per heavy atom. The Morgan fingerprint density at radius 2 is 1.83 bits per heavy atom. The molecular weight excluding hydrogens is 560 g/mol. The normalized spacial score (nSPS) is 14.3. The summed E-state index contributed by atoms with van der Waals surface area (Å²) in [6.45, 7) is 3.80. The Kier molecular flexibility index (Phi) is 8.13. The maximum absolute atomic E-state index is 13.2. The van der Waals surface area contributed by atoms with Gasteiger partial charge in [-0.3, -0.25) is 14.5 Å². The molecule has 1 heterocycles. The molecule has 0 aromatic heterocycles. The highest BCUT2D eigenvalue weighted by Crippen LogP contribution is 2.38. The van der Waals surface area contributed by atoms with E-state index in [9.17, 15) is 9.59 Å². The zero-order valence-electron chi connectivity index (χ0n) is 19.8. The minimum absolute atomic E-state index is 0.166. The van der Waals surface area contributed by atoms with Crippen molar-refractivity contribution in [2.75, 3.05) is 23.9 Å². The lowest BCUT2D eigenvalue weighted by molar-refractivity contribution is -0.118. The van der Waals surface area contributed by atoms with Gasteiger partial charge in [-0.25, -0.2) is 0 Å². The monoisotopic (exact) mass is 582 g/mol. The van der Waals surface area contributed by atoms with Crippen molar-refractivity contribution in [2.24, 2.45) is 0 Å². The van der Waals surface area contributed by atoms with Crippen LogP contribution < -0.4 is 19.7 Å². The fraction of sp³-hybridized carbons (Fsp3) is 0.148. The van der Waals surface area contributed by atoms with E-state index in [1.807, 2.05) is 44.2 Å². The van der Waals surface area contributed by atoms with E-state index < -0.39 is 0 Å². The molecule has 3 aromatic carbocycles. The van der Waals surface area contributed by atoms with E-state index in [0.717, 1.165) is 26.9 Å². The molecule has 0 atom stereocenters. The molecule has 1 saturated heterocycles. The molecule has 9 heteroatoms. The van der Waals surface area contributed by atoms with E-state index in [2.05, 4.69) is 21.2 Å². The Bertz CT molecular complexity index is 1370. The molecule has 1 N–H and O–H groups in total. The number of amides is 2. The molecule has 1 aliphatic rings. The van der Waals surface area contributed by atoms with Crippen LogP contribution in [0.5, 0.6) is 11.5 Å². The number of thioether (sulfide) groups is 1. The fourth-order valence-corrected chi connectivity index (χ4v) is 5.20. The van der Waals surface area contributed by atoms with E-state index in [4.69, 9.17) is 21.7 Å². The molecule has 0 aliphatic carbocycles. The van der Waals surface area contributed by atoms with Gasteiger partial charge in [-0.1, -0.05) is 63.7 Å². The molecule has 0 unspecified atom stereocenters. The first-order valence-electron chi connectivity index (χ1n) is 11.0. The lowest BCUT2D eigenvalue weighted by atomic mass is 10.1. The maximum Gasteiger partial charge on any atom is 0.270 e. The minimum atomic E-state index is -0.293. The molecule has 1 aliphatic heterocycles. The average Bonchev–Trinajstić information content (AvgIpc) is 3.12. The third kappa shape index (κ3) is 5.98. The number of carbonyl (C=O) groups excluding carboxylic acids is 2. The van der Waals surface area contributed by atoms with Gasteiger partial charge >= 0.3 is 0 Å². The summed E-state index contributed by atoms with van der Waals surface area (Å²) in [5.74, 6) is 0.410. The number of nitrogens with zero attached hydrogens (tertiary/aromatic N) is 1. The molecule has 4 rings (SSSR count). The molecule has 0 radical (unpaired) electrons. The summed E-state index contributed by atoms with van der Waals surface area (Å²) >= 11 is 10.1. The van der Waals surface area contributed by atoms with Crippen LogP contribution in [-0.4, -0.2) is 29.9 Å². The summed E-state index contributed by atoms with van der Waals surface area (Å²) in [6.07, 6.45) is 1.77. The lowest BCUT2D eigenvalue weighted by Gasteiger charge is -2.17. The van der Waals surface area contributed by atoms with Gasteiger partial charge in [-0.2, -0.15) is 0 Å². The zero-order valence-corrected chi connectivity index (χ0v) is 23.1. The smallest absolute Gasteiger partial charge is 0.270 e. The molecule has 1 fully saturated rings. The SMILES string of the molecule is COc1cc(/C=C2\SC(=S)N(c3ccc(C)cc3C)C2=O)ccc1OCC(=O)Nc1ccc(Br)cc1. The van der Waals surface area contributed by atoms with Crippen molar-refractivity contribution in [1.82, 2.24) is 0 Å². The number of anilines is 2. The van der Waals surface area contributed by atoms with E-state index in [-0.39, 0.29) is 18.4 Å². The quantitative estimate of drug-likeness (QED) is 0.253. The molecule has 0 saturated carbocycles. The van der Waals surface area contributed by atoms with Crippen molar-refractivity contribution in [2.45, 2.75) is 13.8 Å². The Hall–Kier alpha value is -3.14. The van der Waals surface area contributed by atoms with E-state index in [1.54, 1.807) is 41.3 Å². The minimum Gasteiger partial charge on any atom is -0.493 e. The van der Waals surface area contributed by atoms with Crippen molar-refractivity contribution >= 4 is 73.5 Å². The summed E-state index contributed by atoms with van der Waals surface area (Å²) in [4.78, 5) is 27.5. The number of carbonyl (C=O) groups is 2. The van der Waals surface area contributed by atoms with Gasteiger partial charge in [0.2, 0.25) is 0 Å². The first kappa shape index (κ1) is 25.9. The highest BCUT2D eigenvalue weighted by atomic mass is 79.9. The predicted molar refractivity (Wildman–Crippen MR) is 153 cm³/mol. The second kappa shape index (κ2) is 11.3. The Balaban J connectivity index is 1.46. The molecule has 6 nitrogen and oxygen atoms in total. The van der Waals surface area contributed by atoms with Crippen LogP contribution in [0.3, 0.4) is 0 Å². The molecule has 0 bridgehead atoms. The van der Waals surface area contributed by atoms with Gasteiger partial charge in [0.15, 0.2) is 22.4 Å². The van der Waals surface area contributed by atoms with Crippen molar-refractivity contribution in [3.8, 4) is 11.5 Å². The number of methoxy groups -OCH3 is 1. The van der Waals surface area contributed by atoms with Crippen LogP contribution in [-0.2, 0) is 9.59 Å². The highest BCUT2D eigenvalue weighted by molar-refractivity contribution is 9.10.